The molecule has 1 unspecified atom stereocenters. The second-order valence-corrected chi connectivity index (χ2v) is 4.10. The first-order chi connectivity index (χ1) is 6.02. The standard InChI is InChI=1S/C11H15ClO/c1-7(2)11(13)9-4-5-10(12)8(3)6-9/h4-7,11,13H,1-3H3. The van der Waals surface area contributed by atoms with E-state index >= 15 is 0 Å². The zero-order chi connectivity index (χ0) is 10.0. The monoisotopic (exact) mass is 198 g/mol. The normalized spacial score (nSPS) is 13.4. The Morgan fingerprint density at radius 2 is 1.92 bits per heavy atom. The summed E-state index contributed by atoms with van der Waals surface area (Å²) in [6.45, 7) is 5.93. The number of benzene rings is 1. The third kappa shape index (κ3) is 2.45. The van der Waals surface area contributed by atoms with E-state index in [2.05, 4.69) is 0 Å². The van der Waals surface area contributed by atoms with E-state index in [1.807, 2.05) is 39.0 Å². The fourth-order valence-electron chi connectivity index (χ4n) is 1.24. The molecule has 0 spiro atoms. The van der Waals surface area contributed by atoms with Crippen molar-refractivity contribution in [3.63, 3.8) is 0 Å². The Kier molecular flexibility index (Phi) is 3.34. The maximum absolute atomic E-state index is 9.77. The highest BCUT2D eigenvalue weighted by molar-refractivity contribution is 6.31. The largest absolute Gasteiger partial charge is 0.388 e. The maximum atomic E-state index is 9.77. The Bertz CT molecular complexity index is 294. The molecule has 0 aliphatic heterocycles. The molecule has 2 heteroatoms. The van der Waals surface area contributed by atoms with Crippen molar-refractivity contribution in [2.24, 2.45) is 5.92 Å². The summed E-state index contributed by atoms with van der Waals surface area (Å²) in [5.74, 6) is 0.237. The molecule has 0 amide bonds. The van der Waals surface area contributed by atoms with Gasteiger partial charge in [0.2, 0.25) is 0 Å². The van der Waals surface area contributed by atoms with Gasteiger partial charge in [-0.25, -0.2) is 0 Å². The van der Waals surface area contributed by atoms with Gasteiger partial charge in [0.05, 0.1) is 6.10 Å². The van der Waals surface area contributed by atoms with E-state index < -0.39 is 6.10 Å². The molecule has 0 aromatic heterocycles. The molecule has 0 aliphatic carbocycles. The summed E-state index contributed by atoms with van der Waals surface area (Å²) in [4.78, 5) is 0. The van der Waals surface area contributed by atoms with Crippen LogP contribution in [0.4, 0.5) is 0 Å². The number of aryl methyl sites for hydroxylation is 1. The topological polar surface area (TPSA) is 20.2 Å². The van der Waals surface area contributed by atoms with Gasteiger partial charge in [-0.1, -0.05) is 37.6 Å². The highest BCUT2D eigenvalue weighted by atomic mass is 35.5. The fourth-order valence-corrected chi connectivity index (χ4v) is 1.35. The predicted molar refractivity (Wildman–Crippen MR) is 56.0 cm³/mol. The van der Waals surface area contributed by atoms with E-state index in [9.17, 15) is 5.11 Å². The van der Waals surface area contributed by atoms with Crippen LogP contribution in [0.3, 0.4) is 0 Å². The van der Waals surface area contributed by atoms with E-state index in [0.29, 0.717) is 0 Å². The summed E-state index contributed by atoms with van der Waals surface area (Å²) in [5, 5.41) is 10.5. The lowest BCUT2D eigenvalue weighted by Gasteiger charge is -2.15. The van der Waals surface area contributed by atoms with E-state index in [1.54, 1.807) is 0 Å². The molecule has 1 aromatic rings. The number of aliphatic hydroxyl groups is 1. The molecule has 0 saturated heterocycles. The number of hydrogen-bond donors (Lipinski definition) is 1. The van der Waals surface area contributed by atoms with E-state index in [1.165, 1.54) is 0 Å². The fraction of sp³-hybridized carbons (Fsp3) is 0.455. The minimum absolute atomic E-state index is 0.237. The van der Waals surface area contributed by atoms with Gasteiger partial charge in [-0.05, 0) is 30.0 Å². The van der Waals surface area contributed by atoms with Crippen LogP contribution in [0, 0.1) is 12.8 Å². The van der Waals surface area contributed by atoms with Crippen molar-refractivity contribution in [2.75, 3.05) is 0 Å². The highest BCUT2D eigenvalue weighted by Gasteiger charge is 2.12. The molecule has 1 aromatic carbocycles. The van der Waals surface area contributed by atoms with Crippen LogP contribution in [0.25, 0.3) is 0 Å². The summed E-state index contributed by atoms with van der Waals surface area (Å²) < 4.78 is 0. The molecule has 0 fully saturated rings. The van der Waals surface area contributed by atoms with Gasteiger partial charge >= 0.3 is 0 Å². The van der Waals surface area contributed by atoms with Gasteiger partial charge in [0, 0.05) is 5.02 Å². The molecule has 0 bridgehead atoms. The Hall–Kier alpha value is -0.530. The molecular formula is C11H15ClO. The molecule has 72 valence electrons. The van der Waals surface area contributed by atoms with Gasteiger partial charge in [0.15, 0.2) is 0 Å². The van der Waals surface area contributed by atoms with Crippen molar-refractivity contribution in [1.82, 2.24) is 0 Å². The lowest BCUT2D eigenvalue weighted by atomic mass is 9.98. The smallest absolute Gasteiger partial charge is 0.0813 e. The van der Waals surface area contributed by atoms with E-state index in [4.69, 9.17) is 11.6 Å². The van der Waals surface area contributed by atoms with E-state index in [0.717, 1.165) is 16.1 Å². The number of aliphatic hydroxyl groups excluding tert-OH is 1. The van der Waals surface area contributed by atoms with Gasteiger partial charge in [-0.15, -0.1) is 0 Å². The summed E-state index contributed by atoms with van der Waals surface area (Å²) in [6, 6.07) is 5.64. The summed E-state index contributed by atoms with van der Waals surface area (Å²) >= 11 is 5.88. The first kappa shape index (κ1) is 10.6. The Morgan fingerprint density at radius 3 is 2.38 bits per heavy atom. The first-order valence-corrected chi connectivity index (χ1v) is 4.84. The van der Waals surface area contributed by atoms with Crippen LogP contribution in [0.15, 0.2) is 18.2 Å². The molecule has 0 heterocycles. The number of halogens is 1. The van der Waals surface area contributed by atoms with Crippen LogP contribution in [0.5, 0.6) is 0 Å². The molecule has 1 atom stereocenters. The Labute approximate surface area is 84.4 Å². The lowest BCUT2D eigenvalue weighted by Crippen LogP contribution is -2.05. The molecule has 13 heavy (non-hydrogen) atoms. The molecular weight excluding hydrogens is 184 g/mol. The average molecular weight is 199 g/mol. The summed E-state index contributed by atoms with van der Waals surface area (Å²) in [7, 11) is 0. The SMILES string of the molecule is Cc1cc(C(O)C(C)C)ccc1Cl. The van der Waals surface area contributed by atoms with Crippen LogP contribution in [-0.2, 0) is 0 Å². The average Bonchev–Trinajstić information content (AvgIpc) is 2.08. The predicted octanol–water partition coefficient (Wildman–Crippen LogP) is 3.34. The quantitative estimate of drug-likeness (QED) is 0.773. The van der Waals surface area contributed by atoms with Gasteiger partial charge in [0.25, 0.3) is 0 Å². The van der Waals surface area contributed by atoms with Crippen molar-refractivity contribution in [3.05, 3.63) is 34.3 Å². The highest BCUT2D eigenvalue weighted by Crippen LogP contribution is 2.25. The second-order valence-electron chi connectivity index (χ2n) is 3.70. The molecule has 1 rings (SSSR count). The number of hydrogen-bond acceptors (Lipinski definition) is 1. The third-order valence-electron chi connectivity index (χ3n) is 2.15. The first-order valence-electron chi connectivity index (χ1n) is 4.46. The second kappa shape index (κ2) is 4.12. The minimum atomic E-state index is -0.393. The van der Waals surface area contributed by atoms with Crippen molar-refractivity contribution in [3.8, 4) is 0 Å². The molecule has 0 radical (unpaired) electrons. The van der Waals surface area contributed by atoms with E-state index in [-0.39, 0.29) is 5.92 Å². The maximum Gasteiger partial charge on any atom is 0.0813 e. The minimum Gasteiger partial charge on any atom is -0.388 e. The third-order valence-corrected chi connectivity index (χ3v) is 2.58. The van der Waals surface area contributed by atoms with Crippen molar-refractivity contribution in [2.45, 2.75) is 26.9 Å². The van der Waals surface area contributed by atoms with Crippen LogP contribution in [-0.4, -0.2) is 5.11 Å². The summed E-state index contributed by atoms with van der Waals surface area (Å²) in [5.41, 5.74) is 1.95. The zero-order valence-electron chi connectivity index (χ0n) is 8.21. The van der Waals surface area contributed by atoms with Crippen LogP contribution in [0.2, 0.25) is 5.02 Å². The van der Waals surface area contributed by atoms with Crippen molar-refractivity contribution >= 4 is 11.6 Å². The number of rotatable bonds is 2. The van der Waals surface area contributed by atoms with Crippen LogP contribution < -0.4 is 0 Å². The van der Waals surface area contributed by atoms with Gasteiger partial charge in [-0.3, -0.25) is 0 Å². The van der Waals surface area contributed by atoms with Crippen LogP contribution in [0.1, 0.15) is 31.1 Å². The van der Waals surface area contributed by atoms with Crippen molar-refractivity contribution in [1.29, 1.82) is 0 Å². The molecule has 1 nitrogen and oxygen atoms in total. The lowest BCUT2D eigenvalue weighted by molar-refractivity contribution is 0.127. The van der Waals surface area contributed by atoms with Gasteiger partial charge < -0.3 is 5.11 Å². The van der Waals surface area contributed by atoms with Gasteiger partial charge in [0.1, 0.15) is 0 Å². The molecule has 1 N–H and O–H groups in total. The molecule has 0 aliphatic rings. The van der Waals surface area contributed by atoms with Gasteiger partial charge in [-0.2, -0.15) is 0 Å². The van der Waals surface area contributed by atoms with Crippen molar-refractivity contribution < 1.29 is 5.11 Å². The zero-order valence-corrected chi connectivity index (χ0v) is 8.97. The van der Waals surface area contributed by atoms with Crippen LogP contribution >= 0.6 is 11.6 Å². The Morgan fingerprint density at radius 1 is 1.31 bits per heavy atom. The summed E-state index contributed by atoms with van der Waals surface area (Å²) in [6.07, 6.45) is -0.393. The molecule has 0 saturated carbocycles. The Balaban J connectivity index is 2.97.